The molecule has 2 aromatic rings. The molecule has 0 aliphatic carbocycles. The largest absolute Gasteiger partial charge is 0.449 e. The van der Waals surface area contributed by atoms with Gasteiger partial charge in [-0.3, -0.25) is 4.79 Å². The molecule has 2 rings (SSSR count). The Morgan fingerprint density at radius 3 is 2.42 bits per heavy atom. The van der Waals surface area contributed by atoms with E-state index in [1.54, 1.807) is 0 Å². The zero-order chi connectivity index (χ0) is 17.9. The minimum absolute atomic E-state index is 0.117. The normalized spacial score (nSPS) is 11.7. The van der Waals surface area contributed by atoms with Crippen LogP contribution in [0.2, 0.25) is 0 Å². The Hall–Kier alpha value is -2.90. The zero-order valence-corrected chi connectivity index (χ0v) is 12.3. The van der Waals surface area contributed by atoms with E-state index in [0.29, 0.717) is 6.07 Å². The molecule has 0 aliphatic rings. The SMILES string of the molecule is C[C@H](OC(=O)c1cccc(F)c1)C(=O)Nc1ccc(F)c(F)c1F. The van der Waals surface area contributed by atoms with Crippen molar-refractivity contribution in [3.63, 3.8) is 0 Å². The van der Waals surface area contributed by atoms with Crippen LogP contribution in [0.3, 0.4) is 0 Å². The number of benzene rings is 2. The van der Waals surface area contributed by atoms with Gasteiger partial charge >= 0.3 is 5.97 Å². The van der Waals surface area contributed by atoms with E-state index < -0.39 is 46.9 Å². The first kappa shape index (κ1) is 17.5. The second-order valence-corrected chi connectivity index (χ2v) is 4.77. The Labute approximate surface area is 134 Å². The van der Waals surface area contributed by atoms with Crippen molar-refractivity contribution in [3.8, 4) is 0 Å². The summed E-state index contributed by atoms with van der Waals surface area (Å²) in [5.41, 5.74) is -0.721. The fourth-order valence-corrected chi connectivity index (χ4v) is 1.75. The van der Waals surface area contributed by atoms with Crippen LogP contribution in [0.5, 0.6) is 0 Å². The van der Waals surface area contributed by atoms with Crippen LogP contribution in [0.25, 0.3) is 0 Å². The summed E-state index contributed by atoms with van der Waals surface area (Å²) >= 11 is 0. The number of ether oxygens (including phenoxy) is 1. The van der Waals surface area contributed by atoms with Gasteiger partial charge in [0, 0.05) is 0 Å². The molecule has 24 heavy (non-hydrogen) atoms. The third-order valence-electron chi connectivity index (χ3n) is 3.01. The number of amides is 1. The van der Waals surface area contributed by atoms with E-state index in [0.717, 1.165) is 18.2 Å². The van der Waals surface area contributed by atoms with Crippen molar-refractivity contribution >= 4 is 17.6 Å². The molecule has 0 unspecified atom stereocenters. The summed E-state index contributed by atoms with van der Waals surface area (Å²) in [7, 11) is 0. The van der Waals surface area contributed by atoms with E-state index in [1.807, 2.05) is 5.32 Å². The zero-order valence-electron chi connectivity index (χ0n) is 12.3. The van der Waals surface area contributed by atoms with Gasteiger partial charge in [0.05, 0.1) is 11.3 Å². The maximum atomic E-state index is 13.5. The Kier molecular flexibility index (Phi) is 5.18. The quantitative estimate of drug-likeness (QED) is 0.527. The molecule has 2 aromatic carbocycles. The smallest absolute Gasteiger partial charge is 0.339 e. The molecule has 0 fully saturated rings. The van der Waals surface area contributed by atoms with Gasteiger partial charge in [-0.25, -0.2) is 22.4 Å². The van der Waals surface area contributed by atoms with Gasteiger partial charge in [-0.15, -0.1) is 0 Å². The molecule has 0 aromatic heterocycles. The molecular weight excluding hydrogens is 330 g/mol. The van der Waals surface area contributed by atoms with Gasteiger partial charge < -0.3 is 10.1 Å². The molecule has 0 bridgehead atoms. The van der Waals surface area contributed by atoms with Crippen LogP contribution < -0.4 is 5.32 Å². The highest BCUT2D eigenvalue weighted by Gasteiger charge is 2.22. The van der Waals surface area contributed by atoms with Crippen LogP contribution in [0.4, 0.5) is 23.2 Å². The first-order valence-corrected chi connectivity index (χ1v) is 6.70. The minimum atomic E-state index is -1.74. The fraction of sp³-hybridized carbons (Fsp3) is 0.125. The predicted molar refractivity (Wildman–Crippen MR) is 76.2 cm³/mol. The summed E-state index contributed by atoms with van der Waals surface area (Å²) < 4.78 is 57.2. The lowest BCUT2D eigenvalue weighted by Crippen LogP contribution is -2.30. The molecule has 8 heteroatoms. The maximum Gasteiger partial charge on any atom is 0.339 e. The van der Waals surface area contributed by atoms with Gasteiger partial charge in [0.25, 0.3) is 5.91 Å². The van der Waals surface area contributed by atoms with E-state index in [-0.39, 0.29) is 5.56 Å². The van der Waals surface area contributed by atoms with E-state index >= 15 is 0 Å². The van der Waals surface area contributed by atoms with Crippen LogP contribution in [0.15, 0.2) is 36.4 Å². The van der Waals surface area contributed by atoms with Crippen molar-refractivity contribution in [2.45, 2.75) is 13.0 Å². The average molecular weight is 341 g/mol. The summed E-state index contributed by atoms with van der Waals surface area (Å²) in [6.45, 7) is 1.18. The molecule has 0 aliphatic heterocycles. The number of esters is 1. The number of anilines is 1. The van der Waals surface area contributed by atoms with Crippen molar-refractivity contribution in [1.29, 1.82) is 0 Å². The van der Waals surface area contributed by atoms with Crippen LogP contribution >= 0.6 is 0 Å². The monoisotopic (exact) mass is 341 g/mol. The minimum Gasteiger partial charge on any atom is -0.449 e. The van der Waals surface area contributed by atoms with Crippen LogP contribution in [0, 0.1) is 23.3 Å². The molecule has 1 N–H and O–H groups in total. The maximum absolute atomic E-state index is 13.5. The second-order valence-electron chi connectivity index (χ2n) is 4.77. The number of hydrogen-bond donors (Lipinski definition) is 1. The van der Waals surface area contributed by atoms with Gasteiger partial charge in [-0.2, -0.15) is 0 Å². The van der Waals surface area contributed by atoms with Crippen LogP contribution in [-0.4, -0.2) is 18.0 Å². The van der Waals surface area contributed by atoms with Crippen LogP contribution in [-0.2, 0) is 9.53 Å². The van der Waals surface area contributed by atoms with E-state index in [2.05, 4.69) is 0 Å². The molecule has 0 spiro atoms. The summed E-state index contributed by atoms with van der Waals surface area (Å²) in [5.74, 6) is -7.32. The first-order valence-electron chi connectivity index (χ1n) is 6.70. The van der Waals surface area contributed by atoms with Crippen molar-refractivity contribution in [2.75, 3.05) is 5.32 Å². The van der Waals surface area contributed by atoms with Crippen molar-refractivity contribution in [3.05, 3.63) is 65.2 Å². The standard InChI is InChI=1S/C16H11F4NO3/c1-8(24-16(23)9-3-2-4-10(17)7-9)15(22)21-12-6-5-11(18)13(19)14(12)20/h2-8H,1H3,(H,21,22)/t8-/m0/s1. The highest BCUT2D eigenvalue weighted by molar-refractivity contribution is 5.97. The molecule has 0 saturated carbocycles. The van der Waals surface area contributed by atoms with Gasteiger partial charge in [0.15, 0.2) is 23.6 Å². The summed E-state index contributed by atoms with van der Waals surface area (Å²) in [6.07, 6.45) is -1.38. The van der Waals surface area contributed by atoms with E-state index in [9.17, 15) is 27.2 Å². The fourth-order valence-electron chi connectivity index (χ4n) is 1.75. The molecule has 0 radical (unpaired) electrons. The lowest BCUT2D eigenvalue weighted by molar-refractivity contribution is -0.123. The lowest BCUT2D eigenvalue weighted by Gasteiger charge is -2.14. The predicted octanol–water partition coefficient (Wildman–Crippen LogP) is 3.43. The highest BCUT2D eigenvalue weighted by Crippen LogP contribution is 2.20. The highest BCUT2D eigenvalue weighted by atomic mass is 19.2. The van der Waals surface area contributed by atoms with Gasteiger partial charge in [0.2, 0.25) is 0 Å². The Balaban J connectivity index is 2.05. The number of nitrogens with one attached hydrogen (secondary N) is 1. The first-order chi connectivity index (χ1) is 11.3. The summed E-state index contributed by atoms with van der Waals surface area (Å²) in [4.78, 5) is 23.6. The molecule has 1 atom stereocenters. The third kappa shape index (κ3) is 3.89. The van der Waals surface area contributed by atoms with E-state index in [4.69, 9.17) is 4.74 Å². The summed E-state index contributed by atoms with van der Waals surface area (Å²) in [6, 6.07) is 6.07. The van der Waals surface area contributed by atoms with Crippen molar-refractivity contribution < 1.29 is 31.9 Å². The number of carbonyl (C=O) groups excluding carboxylic acids is 2. The number of carbonyl (C=O) groups is 2. The average Bonchev–Trinajstić information content (AvgIpc) is 2.55. The number of hydrogen-bond acceptors (Lipinski definition) is 3. The second kappa shape index (κ2) is 7.12. The molecule has 0 saturated heterocycles. The molecular formula is C16H11F4NO3. The van der Waals surface area contributed by atoms with Crippen molar-refractivity contribution in [2.24, 2.45) is 0 Å². The Morgan fingerprint density at radius 1 is 1.04 bits per heavy atom. The molecule has 4 nitrogen and oxygen atoms in total. The Morgan fingerprint density at radius 2 is 1.75 bits per heavy atom. The van der Waals surface area contributed by atoms with E-state index in [1.165, 1.54) is 19.1 Å². The summed E-state index contributed by atoms with van der Waals surface area (Å²) in [5, 5.41) is 1.97. The molecule has 1 amide bonds. The van der Waals surface area contributed by atoms with Gasteiger partial charge in [-0.05, 0) is 37.3 Å². The topological polar surface area (TPSA) is 55.4 Å². The molecule has 126 valence electrons. The number of halogens is 4. The van der Waals surface area contributed by atoms with Gasteiger partial charge in [-0.1, -0.05) is 6.07 Å². The van der Waals surface area contributed by atoms with Gasteiger partial charge in [0.1, 0.15) is 5.82 Å². The van der Waals surface area contributed by atoms with Crippen LogP contribution in [0.1, 0.15) is 17.3 Å². The molecule has 0 heterocycles. The number of rotatable bonds is 4. The third-order valence-corrected chi connectivity index (χ3v) is 3.01. The lowest BCUT2D eigenvalue weighted by atomic mass is 10.2. The Bertz CT molecular complexity index is 795. The van der Waals surface area contributed by atoms with Crippen molar-refractivity contribution in [1.82, 2.24) is 0 Å².